The fraction of sp³-hybridized carbons (Fsp3) is 0.227. The number of carbonyl (C=O) groups excluding carboxylic acids is 1. The molecule has 138 valence electrons. The lowest BCUT2D eigenvalue weighted by Gasteiger charge is -2.28. The van der Waals surface area contributed by atoms with Crippen molar-refractivity contribution in [1.29, 1.82) is 5.26 Å². The molecule has 2 aromatic carbocycles. The van der Waals surface area contributed by atoms with Gasteiger partial charge in [0.05, 0.1) is 18.1 Å². The zero-order chi connectivity index (χ0) is 19.1. The van der Waals surface area contributed by atoms with Gasteiger partial charge in [0.25, 0.3) is 6.26 Å². The molecule has 0 spiro atoms. The molecular weight excluding hydrogens is 352 g/mol. The Morgan fingerprint density at radius 1 is 1.14 bits per heavy atom. The quantitative estimate of drug-likeness (QED) is 0.661. The maximum atomic E-state index is 12.2. The van der Waals surface area contributed by atoms with Crippen LogP contribution in [-0.4, -0.2) is 22.0 Å². The standard InChI is InChI=1S/C22H18N4O2/c23-13-28-19-4-2-1-3-18(19)22(25-10-8-24-14-25)17-11-15-5-6-20(27)26-9-7-16(12-17)21(15)26/h1-4,8,10-12,14,22H,5-7,9H2. The molecule has 28 heavy (non-hydrogen) atoms. The van der Waals surface area contributed by atoms with Gasteiger partial charge in [-0.25, -0.2) is 4.98 Å². The number of hydrogen-bond donors (Lipinski definition) is 0. The second-order valence-corrected chi connectivity index (χ2v) is 7.13. The average Bonchev–Trinajstić information content (AvgIpc) is 3.38. The molecule has 1 atom stereocenters. The van der Waals surface area contributed by atoms with Crippen molar-refractivity contribution in [2.24, 2.45) is 0 Å². The zero-order valence-electron chi connectivity index (χ0n) is 15.2. The number of rotatable bonds is 4. The van der Waals surface area contributed by atoms with Crippen molar-refractivity contribution in [1.82, 2.24) is 9.55 Å². The Balaban J connectivity index is 1.69. The molecule has 0 saturated heterocycles. The minimum atomic E-state index is -0.166. The van der Waals surface area contributed by atoms with Gasteiger partial charge in [0, 0.05) is 30.9 Å². The number of nitrogens with zero attached hydrogens (tertiary/aromatic N) is 4. The summed E-state index contributed by atoms with van der Waals surface area (Å²) in [6, 6.07) is 11.8. The SMILES string of the molecule is N#COc1ccccc1C(c1cc2c3c(c1)CCN3C(=O)CC2)n1ccnc1. The third kappa shape index (κ3) is 2.55. The summed E-state index contributed by atoms with van der Waals surface area (Å²) < 4.78 is 7.27. The lowest BCUT2D eigenvalue weighted by atomic mass is 9.90. The van der Waals surface area contributed by atoms with Crippen LogP contribution in [0.2, 0.25) is 0 Å². The first-order valence-corrected chi connectivity index (χ1v) is 9.34. The molecule has 0 saturated carbocycles. The predicted octanol–water partition coefficient (Wildman–Crippen LogP) is 3.22. The highest BCUT2D eigenvalue weighted by Gasteiger charge is 2.33. The average molecular weight is 370 g/mol. The maximum Gasteiger partial charge on any atom is 0.292 e. The number of nitriles is 1. The van der Waals surface area contributed by atoms with E-state index in [1.807, 2.05) is 33.9 Å². The van der Waals surface area contributed by atoms with Gasteiger partial charge in [0.1, 0.15) is 5.75 Å². The highest BCUT2D eigenvalue weighted by Crippen LogP contribution is 2.41. The lowest BCUT2D eigenvalue weighted by Crippen LogP contribution is -2.32. The third-order valence-electron chi connectivity index (χ3n) is 5.58. The molecule has 0 N–H and O–H groups in total. The molecule has 5 rings (SSSR count). The number of amides is 1. The van der Waals surface area contributed by atoms with Crippen LogP contribution in [0.3, 0.4) is 0 Å². The molecule has 1 aromatic heterocycles. The number of ether oxygens (including phenoxy) is 1. The maximum absolute atomic E-state index is 12.2. The first-order valence-electron chi connectivity index (χ1n) is 9.34. The number of benzene rings is 2. The summed E-state index contributed by atoms with van der Waals surface area (Å²) in [6.07, 6.45) is 9.43. The number of anilines is 1. The van der Waals surface area contributed by atoms with Gasteiger partial charge in [-0.05, 0) is 35.6 Å². The molecule has 6 nitrogen and oxygen atoms in total. The largest absolute Gasteiger partial charge is 0.388 e. The predicted molar refractivity (Wildman–Crippen MR) is 103 cm³/mol. The summed E-state index contributed by atoms with van der Waals surface area (Å²) in [5.41, 5.74) is 5.54. The molecule has 0 radical (unpaired) electrons. The summed E-state index contributed by atoms with van der Waals surface area (Å²) in [7, 11) is 0. The molecule has 3 heterocycles. The van der Waals surface area contributed by atoms with Crippen LogP contribution in [0.5, 0.6) is 5.75 Å². The molecule has 2 aliphatic heterocycles. The Bertz CT molecular complexity index is 1100. The highest BCUT2D eigenvalue weighted by molar-refractivity contribution is 5.98. The fourth-order valence-electron chi connectivity index (χ4n) is 4.43. The van der Waals surface area contributed by atoms with Crippen LogP contribution in [-0.2, 0) is 17.6 Å². The minimum absolute atomic E-state index is 0.166. The molecule has 2 aliphatic rings. The summed E-state index contributed by atoms with van der Waals surface area (Å²) in [4.78, 5) is 18.4. The smallest absolute Gasteiger partial charge is 0.292 e. The Labute approximate surface area is 162 Å². The molecule has 3 aromatic rings. The van der Waals surface area contributed by atoms with E-state index in [1.165, 1.54) is 11.1 Å². The van der Waals surface area contributed by atoms with Crippen LogP contribution in [0, 0.1) is 11.5 Å². The van der Waals surface area contributed by atoms with E-state index in [9.17, 15) is 4.79 Å². The van der Waals surface area contributed by atoms with Crippen LogP contribution >= 0.6 is 0 Å². The molecule has 1 unspecified atom stereocenters. The Hall–Kier alpha value is -3.59. The number of aryl methyl sites for hydroxylation is 1. The van der Waals surface area contributed by atoms with Crippen molar-refractivity contribution < 1.29 is 9.53 Å². The molecule has 0 aliphatic carbocycles. The van der Waals surface area contributed by atoms with Crippen molar-refractivity contribution in [2.45, 2.75) is 25.3 Å². The molecular formula is C22H18N4O2. The second kappa shape index (κ2) is 6.54. The van der Waals surface area contributed by atoms with Crippen LogP contribution < -0.4 is 9.64 Å². The summed E-state index contributed by atoms with van der Waals surface area (Å²) in [5.74, 6) is 0.757. The second-order valence-electron chi connectivity index (χ2n) is 7.13. The van der Waals surface area contributed by atoms with Crippen molar-refractivity contribution >= 4 is 11.6 Å². The van der Waals surface area contributed by atoms with Gasteiger partial charge in [0.2, 0.25) is 5.91 Å². The number of imidazole rings is 1. The van der Waals surface area contributed by atoms with E-state index in [-0.39, 0.29) is 11.9 Å². The lowest BCUT2D eigenvalue weighted by molar-refractivity contribution is -0.118. The summed E-state index contributed by atoms with van der Waals surface area (Å²) in [6.45, 7) is 0.758. The third-order valence-corrected chi connectivity index (χ3v) is 5.58. The first-order chi connectivity index (χ1) is 13.8. The fourth-order valence-corrected chi connectivity index (χ4v) is 4.43. The van der Waals surface area contributed by atoms with Crippen molar-refractivity contribution in [3.63, 3.8) is 0 Å². The Morgan fingerprint density at radius 2 is 1.96 bits per heavy atom. The van der Waals surface area contributed by atoms with E-state index in [0.717, 1.165) is 36.2 Å². The Morgan fingerprint density at radius 3 is 2.75 bits per heavy atom. The number of carbonyl (C=O) groups is 1. The van der Waals surface area contributed by atoms with Gasteiger partial charge < -0.3 is 14.2 Å². The monoisotopic (exact) mass is 370 g/mol. The van der Waals surface area contributed by atoms with Crippen molar-refractivity contribution in [3.05, 3.63) is 77.4 Å². The van der Waals surface area contributed by atoms with E-state index in [0.29, 0.717) is 12.2 Å². The van der Waals surface area contributed by atoms with E-state index in [1.54, 1.807) is 24.8 Å². The van der Waals surface area contributed by atoms with Crippen LogP contribution in [0.25, 0.3) is 0 Å². The number of aromatic nitrogens is 2. The van der Waals surface area contributed by atoms with E-state index in [2.05, 4.69) is 17.1 Å². The van der Waals surface area contributed by atoms with Gasteiger partial charge in [-0.2, -0.15) is 0 Å². The van der Waals surface area contributed by atoms with Crippen LogP contribution in [0.4, 0.5) is 5.69 Å². The van der Waals surface area contributed by atoms with Gasteiger partial charge in [-0.1, -0.05) is 30.3 Å². The highest BCUT2D eigenvalue weighted by atomic mass is 16.5. The number of para-hydroxylation sites is 1. The molecule has 6 heteroatoms. The van der Waals surface area contributed by atoms with Gasteiger partial charge in [-0.3, -0.25) is 4.79 Å². The van der Waals surface area contributed by atoms with E-state index < -0.39 is 0 Å². The summed E-state index contributed by atoms with van der Waals surface area (Å²) in [5, 5.41) is 9.07. The van der Waals surface area contributed by atoms with E-state index in [4.69, 9.17) is 10.00 Å². The molecule has 1 amide bonds. The molecule has 0 fully saturated rings. The Kier molecular flexibility index (Phi) is 3.87. The van der Waals surface area contributed by atoms with Gasteiger partial charge in [0.15, 0.2) is 0 Å². The topological polar surface area (TPSA) is 71.2 Å². The van der Waals surface area contributed by atoms with Crippen LogP contribution in [0.15, 0.2) is 55.1 Å². The van der Waals surface area contributed by atoms with Crippen LogP contribution in [0.1, 0.15) is 34.7 Å². The van der Waals surface area contributed by atoms with Crippen molar-refractivity contribution in [2.75, 3.05) is 11.4 Å². The van der Waals surface area contributed by atoms with E-state index >= 15 is 0 Å². The molecule has 0 bridgehead atoms. The first kappa shape index (κ1) is 16.6. The number of hydrogen-bond acceptors (Lipinski definition) is 4. The normalized spacial score (nSPS) is 15.8. The van der Waals surface area contributed by atoms with Crippen molar-refractivity contribution in [3.8, 4) is 12.0 Å². The van der Waals surface area contributed by atoms with Gasteiger partial charge in [-0.15, -0.1) is 5.26 Å². The zero-order valence-corrected chi connectivity index (χ0v) is 15.2. The summed E-state index contributed by atoms with van der Waals surface area (Å²) >= 11 is 0. The van der Waals surface area contributed by atoms with Gasteiger partial charge >= 0.3 is 0 Å². The minimum Gasteiger partial charge on any atom is -0.388 e.